The van der Waals surface area contributed by atoms with Crippen molar-refractivity contribution in [3.8, 4) is 0 Å². The van der Waals surface area contributed by atoms with E-state index < -0.39 is 17.5 Å². The molecule has 3 rings (SSSR count). The third-order valence-corrected chi connectivity index (χ3v) is 5.72. The fraction of sp³-hybridized carbons (Fsp3) is 0.400. The van der Waals surface area contributed by atoms with Gasteiger partial charge in [-0.2, -0.15) is 0 Å². The first-order valence-electron chi connectivity index (χ1n) is 10.4. The predicted molar refractivity (Wildman–Crippen MR) is 118 cm³/mol. The first kappa shape index (κ1) is 21.8. The summed E-state index contributed by atoms with van der Waals surface area (Å²) in [6, 6.07) is 14.5. The summed E-state index contributed by atoms with van der Waals surface area (Å²) >= 11 is 0. The minimum Gasteiger partial charge on any atom is -0.319 e. The predicted octanol–water partition coefficient (Wildman–Crippen LogP) is 4.59. The fourth-order valence-corrected chi connectivity index (χ4v) is 3.72. The number of amides is 3. The van der Waals surface area contributed by atoms with Crippen LogP contribution in [0.25, 0.3) is 0 Å². The van der Waals surface area contributed by atoms with Crippen LogP contribution in [0.3, 0.4) is 0 Å². The lowest BCUT2D eigenvalue weighted by atomic mass is 9.86. The van der Waals surface area contributed by atoms with Gasteiger partial charge in [0.25, 0.3) is 5.91 Å². The Balaban J connectivity index is 1.76. The molecule has 1 fully saturated rings. The van der Waals surface area contributed by atoms with E-state index >= 15 is 0 Å². The highest BCUT2D eigenvalue weighted by Crippen LogP contribution is 2.29. The number of aryl methyl sites for hydroxylation is 1. The van der Waals surface area contributed by atoms with E-state index in [1.54, 1.807) is 19.1 Å². The van der Waals surface area contributed by atoms with Crippen LogP contribution in [0.2, 0.25) is 0 Å². The van der Waals surface area contributed by atoms with Gasteiger partial charge in [0, 0.05) is 5.56 Å². The van der Waals surface area contributed by atoms with Crippen LogP contribution in [0.4, 0.5) is 4.79 Å². The molecule has 30 heavy (non-hydrogen) atoms. The van der Waals surface area contributed by atoms with E-state index in [4.69, 9.17) is 0 Å². The van der Waals surface area contributed by atoms with Crippen molar-refractivity contribution < 1.29 is 14.4 Å². The Morgan fingerprint density at radius 3 is 2.13 bits per heavy atom. The minimum atomic E-state index is -1.17. The highest BCUT2D eigenvalue weighted by molar-refractivity contribution is 6.11. The summed E-state index contributed by atoms with van der Waals surface area (Å²) < 4.78 is 0. The average Bonchev–Trinajstić information content (AvgIpc) is 2.92. The monoisotopic (exact) mass is 406 g/mol. The van der Waals surface area contributed by atoms with Gasteiger partial charge in [-0.15, -0.1) is 0 Å². The van der Waals surface area contributed by atoms with Gasteiger partial charge in [0.1, 0.15) is 5.54 Å². The summed E-state index contributed by atoms with van der Waals surface area (Å²) in [6.45, 7) is 9.83. The summed E-state index contributed by atoms with van der Waals surface area (Å²) in [6.07, 6.45) is 2.00. The molecule has 1 saturated heterocycles. The highest BCUT2D eigenvalue weighted by Gasteiger charge is 2.49. The number of carbonyl (C=O) groups excluding carboxylic acids is 3. The van der Waals surface area contributed by atoms with Crippen molar-refractivity contribution in [2.24, 2.45) is 0 Å². The van der Waals surface area contributed by atoms with Crippen molar-refractivity contribution in [3.63, 3.8) is 0 Å². The molecule has 1 heterocycles. The lowest BCUT2D eigenvalue weighted by molar-refractivity contribution is -0.130. The molecule has 1 unspecified atom stereocenters. The second-order valence-corrected chi connectivity index (χ2v) is 9.14. The van der Waals surface area contributed by atoms with Crippen LogP contribution in [0, 0.1) is 0 Å². The van der Waals surface area contributed by atoms with E-state index in [0.29, 0.717) is 11.1 Å². The standard InChI is InChI=1S/C25H30N2O3/c1-6-7-17-8-12-20(13-9-17)25(5)22(29)27(23(30)26-25)16-21(28)18-10-14-19(15-11-18)24(2,3)4/h8-15H,6-7,16H2,1-5H3,(H,26,30). The fourth-order valence-electron chi connectivity index (χ4n) is 3.72. The zero-order valence-corrected chi connectivity index (χ0v) is 18.4. The maximum atomic E-state index is 13.1. The van der Waals surface area contributed by atoms with Crippen molar-refractivity contribution in [2.45, 2.75) is 58.4 Å². The lowest BCUT2D eigenvalue weighted by Crippen LogP contribution is -2.41. The van der Waals surface area contributed by atoms with Crippen molar-refractivity contribution in [1.82, 2.24) is 10.2 Å². The van der Waals surface area contributed by atoms with E-state index in [1.165, 1.54) is 5.56 Å². The van der Waals surface area contributed by atoms with Crippen molar-refractivity contribution in [2.75, 3.05) is 6.54 Å². The van der Waals surface area contributed by atoms with Crippen LogP contribution in [-0.4, -0.2) is 29.2 Å². The maximum absolute atomic E-state index is 13.1. The van der Waals surface area contributed by atoms with Crippen LogP contribution < -0.4 is 5.32 Å². The molecule has 158 valence electrons. The summed E-state index contributed by atoms with van der Waals surface area (Å²) in [5, 5.41) is 2.77. The molecule has 0 saturated carbocycles. The van der Waals surface area contributed by atoms with Crippen LogP contribution >= 0.6 is 0 Å². The molecule has 2 aromatic rings. The number of hydrogen-bond donors (Lipinski definition) is 1. The van der Waals surface area contributed by atoms with Crippen molar-refractivity contribution in [1.29, 1.82) is 0 Å². The first-order chi connectivity index (χ1) is 14.1. The van der Waals surface area contributed by atoms with Crippen LogP contribution in [-0.2, 0) is 22.2 Å². The molecular formula is C25H30N2O3. The number of imide groups is 1. The topological polar surface area (TPSA) is 66.5 Å². The summed E-state index contributed by atoms with van der Waals surface area (Å²) in [5.41, 5.74) is 2.32. The van der Waals surface area contributed by atoms with Gasteiger partial charge in [-0.1, -0.05) is 82.6 Å². The smallest absolute Gasteiger partial charge is 0.319 e. The van der Waals surface area contributed by atoms with Crippen LogP contribution in [0.15, 0.2) is 48.5 Å². The molecule has 1 aliphatic heterocycles. The number of ketones is 1. The number of nitrogens with zero attached hydrogens (tertiary/aromatic N) is 1. The molecule has 5 nitrogen and oxygen atoms in total. The van der Waals surface area contributed by atoms with Crippen molar-refractivity contribution in [3.05, 3.63) is 70.8 Å². The normalized spacial score (nSPS) is 19.2. The second kappa shape index (κ2) is 8.05. The first-order valence-corrected chi connectivity index (χ1v) is 10.4. The Kier molecular flexibility index (Phi) is 5.84. The lowest BCUT2D eigenvalue weighted by Gasteiger charge is -2.22. The Hall–Kier alpha value is -2.95. The largest absolute Gasteiger partial charge is 0.325 e. The number of rotatable bonds is 6. The van der Waals surface area contributed by atoms with E-state index in [2.05, 4.69) is 33.0 Å². The van der Waals surface area contributed by atoms with E-state index in [9.17, 15) is 14.4 Å². The number of hydrogen-bond acceptors (Lipinski definition) is 3. The molecule has 0 spiro atoms. The van der Waals surface area contributed by atoms with Gasteiger partial charge in [0.15, 0.2) is 5.78 Å². The third-order valence-electron chi connectivity index (χ3n) is 5.72. The molecule has 0 bridgehead atoms. The Morgan fingerprint density at radius 2 is 1.60 bits per heavy atom. The Bertz CT molecular complexity index is 955. The molecule has 5 heteroatoms. The molecular weight excluding hydrogens is 376 g/mol. The number of nitrogens with one attached hydrogen (secondary N) is 1. The minimum absolute atomic E-state index is 0.0130. The zero-order chi connectivity index (χ0) is 22.1. The number of carbonyl (C=O) groups is 3. The number of Topliss-reactive ketones (excluding diaryl/α,β-unsaturated/α-hetero) is 1. The summed E-state index contributed by atoms with van der Waals surface area (Å²) in [7, 11) is 0. The van der Waals surface area contributed by atoms with Gasteiger partial charge in [-0.05, 0) is 35.4 Å². The van der Waals surface area contributed by atoms with E-state index in [-0.39, 0.29) is 17.7 Å². The molecule has 1 N–H and O–H groups in total. The Labute approximate surface area is 178 Å². The molecule has 0 aromatic heterocycles. The van der Waals surface area contributed by atoms with Crippen molar-refractivity contribution >= 4 is 17.7 Å². The highest BCUT2D eigenvalue weighted by atomic mass is 16.2. The molecule has 0 aliphatic carbocycles. The summed E-state index contributed by atoms with van der Waals surface area (Å²) in [5.74, 6) is -0.670. The van der Waals surface area contributed by atoms with Gasteiger partial charge in [-0.25, -0.2) is 4.79 Å². The Morgan fingerprint density at radius 1 is 1.00 bits per heavy atom. The number of benzene rings is 2. The van der Waals surface area contributed by atoms with Gasteiger partial charge in [-0.3, -0.25) is 14.5 Å². The zero-order valence-electron chi connectivity index (χ0n) is 18.4. The molecule has 1 aliphatic rings. The van der Waals surface area contributed by atoms with E-state index in [1.807, 2.05) is 36.4 Å². The van der Waals surface area contributed by atoms with Gasteiger partial charge in [0.2, 0.25) is 0 Å². The van der Waals surface area contributed by atoms with Gasteiger partial charge >= 0.3 is 6.03 Å². The quantitative estimate of drug-likeness (QED) is 0.564. The van der Waals surface area contributed by atoms with Gasteiger partial charge < -0.3 is 5.32 Å². The van der Waals surface area contributed by atoms with Crippen LogP contribution in [0.5, 0.6) is 0 Å². The SMILES string of the molecule is CCCc1ccc(C2(C)NC(=O)N(CC(=O)c3ccc(C(C)(C)C)cc3)C2=O)cc1. The number of urea groups is 1. The molecule has 2 aromatic carbocycles. The van der Waals surface area contributed by atoms with Crippen LogP contribution in [0.1, 0.15) is 68.1 Å². The molecule has 0 radical (unpaired) electrons. The third kappa shape index (κ3) is 4.16. The average molecular weight is 407 g/mol. The molecule has 3 amide bonds. The maximum Gasteiger partial charge on any atom is 0.325 e. The second-order valence-electron chi connectivity index (χ2n) is 9.14. The van der Waals surface area contributed by atoms with E-state index in [0.717, 1.165) is 23.3 Å². The molecule has 1 atom stereocenters. The van der Waals surface area contributed by atoms with Gasteiger partial charge in [0.05, 0.1) is 6.54 Å². The summed E-state index contributed by atoms with van der Waals surface area (Å²) in [4.78, 5) is 39.4.